The quantitative estimate of drug-likeness (QED) is 0.305. The minimum atomic E-state index is -0.403. The van der Waals surface area contributed by atoms with Crippen molar-refractivity contribution in [2.45, 2.75) is 13.8 Å². The highest BCUT2D eigenvalue weighted by Crippen LogP contribution is 1.80. The molecule has 3 heteroatoms. The smallest absolute Gasteiger partial charge is 0.330 e. The average Bonchev–Trinajstić information content (AvgIpc) is 2.28. The molecule has 0 radical (unpaired) electrons. The number of hydrogen-bond acceptors (Lipinski definition) is 3. The second kappa shape index (κ2) is 22.9. The number of allylic oxidation sites excluding steroid dienone is 1. The van der Waals surface area contributed by atoms with Crippen LogP contribution < -0.4 is 0 Å². The fourth-order valence-electron chi connectivity index (χ4n) is 0.404. The van der Waals surface area contributed by atoms with Gasteiger partial charge < -0.3 is 9.47 Å². The third kappa shape index (κ3) is 32.4. The molecule has 0 fully saturated rings. The average molecular weight is 214 g/mol. The zero-order valence-electron chi connectivity index (χ0n) is 9.83. The molecule has 0 unspecified atom stereocenters. The van der Waals surface area contributed by atoms with Crippen LogP contribution in [-0.2, 0) is 14.3 Å². The summed E-state index contributed by atoms with van der Waals surface area (Å²) in [6, 6.07) is 0. The summed E-state index contributed by atoms with van der Waals surface area (Å²) in [6.45, 7) is 17.8. The van der Waals surface area contributed by atoms with E-state index < -0.39 is 5.97 Å². The van der Waals surface area contributed by atoms with Gasteiger partial charge in [-0.2, -0.15) is 0 Å². The monoisotopic (exact) mass is 214 g/mol. The van der Waals surface area contributed by atoms with Crippen LogP contribution in [0.5, 0.6) is 0 Å². The van der Waals surface area contributed by atoms with Crippen molar-refractivity contribution in [2.24, 2.45) is 0 Å². The van der Waals surface area contributed by atoms with Crippen LogP contribution in [0.2, 0.25) is 0 Å². The lowest BCUT2D eigenvalue weighted by atomic mass is 10.6. The van der Waals surface area contributed by atoms with E-state index in [1.807, 2.05) is 13.8 Å². The van der Waals surface area contributed by atoms with Gasteiger partial charge in [-0.25, -0.2) is 4.79 Å². The summed E-state index contributed by atoms with van der Waals surface area (Å²) in [5, 5.41) is 0. The van der Waals surface area contributed by atoms with Crippen LogP contribution >= 0.6 is 0 Å². The van der Waals surface area contributed by atoms with Crippen LogP contribution in [0.25, 0.3) is 0 Å². The summed E-state index contributed by atoms with van der Waals surface area (Å²) in [5.41, 5.74) is 0. The van der Waals surface area contributed by atoms with Gasteiger partial charge in [0.1, 0.15) is 6.61 Å². The van der Waals surface area contributed by atoms with Gasteiger partial charge in [0.2, 0.25) is 0 Å². The van der Waals surface area contributed by atoms with Gasteiger partial charge >= 0.3 is 5.97 Å². The molecule has 0 aromatic rings. The summed E-state index contributed by atoms with van der Waals surface area (Å²) in [5.74, 6) is -0.403. The molecule has 15 heavy (non-hydrogen) atoms. The summed E-state index contributed by atoms with van der Waals surface area (Å²) in [7, 11) is 0. The van der Waals surface area contributed by atoms with Crippen LogP contribution in [0.3, 0.4) is 0 Å². The number of carbonyl (C=O) groups is 1. The molecule has 0 aromatic heterocycles. The van der Waals surface area contributed by atoms with E-state index in [0.717, 1.165) is 6.08 Å². The second-order valence-corrected chi connectivity index (χ2v) is 1.98. The van der Waals surface area contributed by atoms with Crippen molar-refractivity contribution in [1.82, 2.24) is 0 Å². The highest BCUT2D eigenvalue weighted by molar-refractivity contribution is 5.81. The normalized spacial score (nSPS) is 7.07. The van der Waals surface area contributed by atoms with Gasteiger partial charge in [-0.15, -0.1) is 19.7 Å². The highest BCUT2D eigenvalue weighted by atomic mass is 16.6. The first-order valence-electron chi connectivity index (χ1n) is 4.66. The molecule has 0 atom stereocenters. The molecule has 0 saturated carbocycles. The molecular weight excluding hydrogens is 192 g/mol. The Labute approximate surface area is 93.1 Å². The fourth-order valence-corrected chi connectivity index (χ4v) is 0.404. The molecule has 0 heterocycles. The van der Waals surface area contributed by atoms with Crippen molar-refractivity contribution in [3.8, 4) is 0 Å². The third-order valence-corrected chi connectivity index (χ3v) is 0.843. The summed E-state index contributed by atoms with van der Waals surface area (Å²) in [6.07, 6.45) is 2.88. The third-order valence-electron chi connectivity index (χ3n) is 0.843. The SMILES string of the molecule is C=C.C=CC.C=CC(=O)OCCOCC. The number of carbonyl (C=O) groups excluding carboxylic acids is 1. The lowest BCUT2D eigenvalue weighted by Gasteiger charge is -2.00. The minimum absolute atomic E-state index is 0.304. The maximum atomic E-state index is 10.4. The van der Waals surface area contributed by atoms with E-state index in [4.69, 9.17) is 4.74 Å². The first-order valence-corrected chi connectivity index (χ1v) is 4.66. The fraction of sp³-hybridized carbons (Fsp3) is 0.417. The van der Waals surface area contributed by atoms with E-state index in [1.54, 1.807) is 6.08 Å². The summed E-state index contributed by atoms with van der Waals surface area (Å²) >= 11 is 0. The zero-order chi connectivity index (χ0) is 12.5. The van der Waals surface area contributed by atoms with Gasteiger partial charge in [0.15, 0.2) is 0 Å². The molecule has 3 nitrogen and oxygen atoms in total. The summed E-state index contributed by atoms with van der Waals surface area (Å²) in [4.78, 5) is 10.4. The lowest BCUT2D eigenvalue weighted by Crippen LogP contribution is -2.07. The molecule has 0 aliphatic rings. The topological polar surface area (TPSA) is 35.5 Å². The number of rotatable bonds is 5. The van der Waals surface area contributed by atoms with Gasteiger partial charge in [-0.3, -0.25) is 0 Å². The Bertz CT molecular complexity index is 153. The Morgan fingerprint density at radius 2 is 1.73 bits per heavy atom. The van der Waals surface area contributed by atoms with E-state index in [1.165, 1.54) is 0 Å². The zero-order valence-corrected chi connectivity index (χ0v) is 9.83. The van der Waals surface area contributed by atoms with Crippen molar-refractivity contribution >= 4 is 5.97 Å². The maximum Gasteiger partial charge on any atom is 0.330 e. The molecule has 88 valence electrons. The van der Waals surface area contributed by atoms with Crippen molar-refractivity contribution in [1.29, 1.82) is 0 Å². The molecule has 0 aliphatic heterocycles. The molecular formula is C12H22O3. The minimum Gasteiger partial charge on any atom is -0.460 e. The molecule has 0 spiro atoms. The molecule has 0 aliphatic carbocycles. The second-order valence-electron chi connectivity index (χ2n) is 1.98. The first-order chi connectivity index (χ1) is 7.22. The molecule has 0 saturated heterocycles. The van der Waals surface area contributed by atoms with Gasteiger partial charge in [-0.05, 0) is 13.8 Å². The van der Waals surface area contributed by atoms with Crippen molar-refractivity contribution in [3.05, 3.63) is 38.5 Å². The van der Waals surface area contributed by atoms with Crippen LogP contribution in [0.4, 0.5) is 0 Å². The Balaban J connectivity index is -0.000000245. The largest absolute Gasteiger partial charge is 0.460 e. The Morgan fingerprint density at radius 1 is 1.27 bits per heavy atom. The van der Waals surface area contributed by atoms with Gasteiger partial charge in [-0.1, -0.05) is 12.7 Å². The highest BCUT2D eigenvalue weighted by Gasteiger charge is 1.92. The number of esters is 1. The Hall–Kier alpha value is -1.35. The predicted octanol–water partition coefficient (Wildman–Crippen LogP) is 2.75. The standard InChI is InChI=1S/C7H12O3.C3H6.C2H4/c1-3-7(8)10-6-5-9-4-2;1-3-2;1-2/h3H,1,4-6H2,2H3;3H,1H2,2H3;1-2H2. The Morgan fingerprint density at radius 3 is 2.07 bits per heavy atom. The molecule has 0 rings (SSSR count). The van der Waals surface area contributed by atoms with Gasteiger partial charge in [0, 0.05) is 12.7 Å². The van der Waals surface area contributed by atoms with Crippen molar-refractivity contribution < 1.29 is 14.3 Å². The van der Waals surface area contributed by atoms with Crippen LogP contribution in [0, 0.1) is 0 Å². The molecule has 0 N–H and O–H groups in total. The van der Waals surface area contributed by atoms with E-state index in [-0.39, 0.29) is 0 Å². The van der Waals surface area contributed by atoms with Gasteiger partial charge in [0.25, 0.3) is 0 Å². The van der Waals surface area contributed by atoms with E-state index >= 15 is 0 Å². The molecule has 0 amide bonds. The van der Waals surface area contributed by atoms with E-state index in [0.29, 0.717) is 19.8 Å². The van der Waals surface area contributed by atoms with E-state index in [2.05, 4.69) is 31.1 Å². The lowest BCUT2D eigenvalue weighted by molar-refractivity contribution is -0.139. The number of hydrogen-bond donors (Lipinski definition) is 0. The maximum absolute atomic E-state index is 10.4. The van der Waals surface area contributed by atoms with Crippen molar-refractivity contribution in [3.63, 3.8) is 0 Å². The molecule has 0 aromatic carbocycles. The first kappa shape index (κ1) is 19.3. The predicted molar refractivity (Wildman–Crippen MR) is 64.8 cm³/mol. The van der Waals surface area contributed by atoms with Crippen LogP contribution in [0.15, 0.2) is 38.5 Å². The van der Waals surface area contributed by atoms with Crippen LogP contribution in [0.1, 0.15) is 13.8 Å². The number of ether oxygens (including phenoxy) is 2. The van der Waals surface area contributed by atoms with Gasteiger partial charge in [0.05, 0.1) is 6.61 Å². The molecule has 0 bridgehead atoms. The van der Waals surface area contributed by atoms with E-state index in [9.17, 15) is 4.79 Å². The van der Waals surface area contributed by atoms with Crippen LogP contribution in [-0.4, -0.2) is 25.8 Å². The summed E-state index contributed by atoms with van der Waals surface area (Å²) < 4.78 is 9.53. The Kier molecular flexibility index (Phi) is 29.5. The van der Waals surface area contributed by atoms with Crippen molar-refractivity contribution in [2.75, 3.05) is 19.8 Å².